The van der Waals surface area contributed by atoms with E-state index >= 15 is 0 Å². The van der Waals surface area contributed by atoms with Gasteiger partial charge in [0.15, 0.2) is 0 Å². The molecule has 2 aromatic rings. The molecule has 1 aliphatic heterocycles. The smallest absolute Gasteiger partial charge is 0.231 e. The maximum absolute atomic E-state index is 12.5. The number of fused-ring (bicyclic) bond motifs is 1. The Kier molecular flexibility index (Phi) is 4.35. The first kappa shape index (κ1) is 15.9. The quantitative estimate of drug-likeness (QED) is 0.872. The third-order valence-corrected chi connectivity index (χ3v) is 5.20. The Morgan fingerprint density at radius 3 is 2.96 bits per heavy atom. The molecule has 1 aromatic carbocycles. The van der Waals surface area contributed by atoms with Crippen molar-refractivity contribution in [1.82, 2.24) is 9.78 Å². The number of nitrogens with zero attached hydrogens (tertiary/aromatic N) is 2. The first-order valence-electron chi connectivity index (χ1n) is 7.75. The molecule has 0 atom stereocenters. The average molecular weight is 332 g/mol. The van der Waals surface area contributed by atoms with Gasteiger partial charge in [-0.3, -0.25) is 4.79 Å². The normalized spacial score (nSPS) is 13.5. The fraction of sp³-hybridized carbons (Fsp3) is 0.412. The number of aromatic nitrogens is 2. The third-order valence-electron chi connectivity index (χ3n) is 4.15. The van der Waals surface area contributed by atoms with Crippen molar-refractivity contribution in [3.05, 3.63) is 34.5 Å². The van der Waals surface area contributed by atoms with Gasteiger partial charge in [-0.05, 0) is 68.1 Å². The highest BCUT2D eigenvalue weighted by Gasteiger charge is 2.22. The predicted molar refractivity (Wildman–Crippen MR) is 89.5 cm³/mol. The molecular formula is C17H20N2O3S. The van der Waals surface area contributed by atoms with Crippen LogP contribution in [0.25, 0.3) is 0 Å². The van der Waals surface area contributed by atoms with Crippen LogP contribution in [0, 0.1) is 13.8 Å². The number of thioether (sulfide) groups is 1. The van der Waals surface area contributed by atoms with Gasteiger partial charge in [0.2, 0.25) is 11.0 Å². The van der Waals surface area contributed by atoms with Gasteiger partial charge >= 0.3 is 0 Å². The molecule has 0 saturated carbocycles. The summed E-state index contributed by atoms with van der Waals surface area (Å²) >= 11 is 1.14. The summed E-state index contributed by atoms with van der Waals surface area (Å²) in [6, 6.07) is 1.99. The highest BCUT2D eigenvalue weighted by atomic mass is 32.2. The van der Waals surface area contributed by atoms with Crippen LogP contribution in [0.1, 0.15) is 40.4 Å². The van der Waals surface area contributed by atoms with Crippen LogP contribution in [-0.2, 0) is 13.0 Å². The minimum atomic E-state index is -0.193. The Morgan fingerprint density at radius 2 is 2.26 bits per heavy atom. The maximum Gasteiger partial charge on any atom is 0.231 e. The number of hydrogen-bond acceptors (Lipinski definition) is 5. The summed E-state index contributed by atoms with van der Waals surface area (Å²) in [6.45, 7) is 7.18. The van der Waals surface area contributed by atoms with E-state index in [9.17, 15) is 9.90 Å². The molecule has 2 heterocycles. The van der Waals surface area contributed by atoms with Gasteiger partial charge in [0.05, 0.1) is 12.8 Å². The molecule has 0 aliphatic carbocycles. The topological polar surface area (TPSA) is 64.4 Å². The number of hydrogen-bond donors (Lipinski definition) is 1. The highest BCUT2D eigenvalue weighted by molar-refractivity contribution is 8.14. The molecule has 0 radical (unpaired) electrons. The molecule has 0 bridgehead atoms. The van der Waals surface area contributed by atoms with Crippen molar-refractivity contribution >= 4 is 16.9 Å². The van der Waals surface area contributed by atoms with Gasteiger partial charge < -0.3 is 9.84 Å². The Balaban J connectivity index is 1.92. The number of benzene rings is 1. The van der Waals surface area contributed by atoms with E-state index in [1.54, 1.807) is 0 Å². The third kappa shape index (κ3) is 2.83. The van der Waals surface area contributed by atoms with Crippen molar-refractivity contribution in [1.29, 1.82) is 0 Å². The summed E-state index contributed by atoms with van der Waals surface area (Å²) in [5.41, 5.74) is 3.59. The van der Waals surface area contributed by atoms with Crippen LogP contribution >= 0.6 is 11.8 Å². The summed E-state index contributed by atoms with van der Waals surface area (Å²) in [6.07, 6.45) is 3.40. The lowest BCUT2D eigenvalue weighted by Gasteiger charge is -2.23. The Hall–Kier alpha value is -1.95. The first-order valence-corrected chi connectivity index (χ1v) is 8.57. The molecule has 6 heteroatoms. The lowest BCUT2D eigenvalue weighted by Crippen LogP contribution is -2.12. The van der Waals surface area contributed by atoms with Crippen LogP contribution < -0.4 is 4.74 Å². The van der Waals surface area contributed by atoms with Crippen molar-refractivity contribution in [3.8, 4) is 11.6 Å². The van der Waals surface area contributed by atoms with Gasteiger partial charge in [0.25, 0.3) is 0 Å². The number of rotatable bonds is 3. The zero-order valence-corrected chi connectivity index (χ0v) is 14.4. The second-order valence-corrected chi connectivity index (χ2v) is 6.68. The molecule has 1 aromatic heterocycles. The molecule has 0 fully saturated rings. The molecule has 0 unspecified atom stereocenters. The summed E-state index contributed by atoms with van der Waals surface area (Å²) in [5, 5.41) is 13.9. The fourth-order valence-corrected chi connectivity index (χ4v) is 3.83. The number of aromatic hydroxyl groups is 1. The molecule has 5 nitrogen and oxygen atoms in total. The Labute approximate surface area is 139 Å². The van der Waals surface area contributed by atoms with Gasteiger partial charge in [-0.15, -0.1) is 0 Å². The van der Waals surface area contributed by atoms with Gasteiger partial charge in [-0.2, -0.15) is 5.10 Å². The van der Waals surface area contributed by atoms with E-state index in [-0.39, 0.29) is 16.6 Å². The highest BCUT2D eigenvalue weighted by Crippen LogP contribution is 2.38. The Bertz CT molecular complexity index is 768. The fourth-order valence-electron chi connectivity index (χ4n) is 2.87. The van der Waals surface area contributed by atoms with Gasteiger partial charge in [-0.25, -0.2) is 4.68 Å². The van der Waals surface area contributed by atoms with Gasteiger partial charge in [0.1, 0.15) is 11.3 Å². The van der Waals surface area contributed by atoms with E-state index < -0.39 is 0 Å². The molecule has 3 rings (SSSR count). The molecule has 23 heavy (non-hydrogen) atoms. The summed E-state index contributed by atoms with van der Waals surface area (Å²) < 4.78 is 7.18. The van der Waals surface area contributed by atoms with Crippen LogP contribution in [0.15, 0.2) is 17.2 Å². The molecule has 0 amide bonds. The molecule has 1 aliphatic rings. The lowest BCUT2D eigenvalue weighted by atomic mass is 9.98. The summed E-state index contributed by atoms with van der Waals surface area (Å²) in [5.74, 6) is 0.896. The minimum Gasteiger partial charge on any atom is -0.493 e. The van der Waals surface area contributed by atoms with E-state index in [0.29, 0.717) is 6.54 Å². The molecule has 1 N–H and O–H groups in total. The van der Waals surface area contributed by atoms with Gasteiger partial charge in [-0.1, -0.05) is 0 Å². The average Bonchev–Trinajstić information content (AvgIpc) is 2.93. The molecule has 0 spiro atoms. The number of carbonyl (C=O) groups is 1. The molecule has 0 saturated heterocycles. The van der Waals surface area contributed by atoms with Gasteiger partial charge in [0, 0.05) is 11.4 Å². The van der Waals surface area contributed by atoms with Crippen molar-refractivity contribution in [2.24, 2.45) is 0 Å². The number of ether oxygens (including phenoxy) is 1. The van der Waals surface area contributed by atoms with E-state index in [4.69, 9.17) is 4.74 Å². The number of aryl methyl sites for hydroxylation is 2. The minimum absolute atomic E-state index is 0.0688. The predicted octanol–water partition coefficient (Wildman–Crippen LogP) is 3.48. The van der Waals surface area contributed by atoms with Crippen LogP contribution in [0.2, 0.25) is 0 Å². The maximum atomic E-state index is 12.5. The van der Waals surface area contributed by atoms with E-state index in [2.05, 4.69) is 5.10 Å². The summed E-state index contributed by atoms with van der Waals surface area (Å²) in [7, 11) is 0. The van der Waals surface area contributed by atoms with Crippen molar-refractivity contribution in [2.75, 3.05) is 6.61 Å². The molecular weight excluding hydrogens is 312 g/mol. The largest absolute Gasteiger partial charge is 0.493 e. The zero-order chi connectivity index (χ0) is 16.6. The first-order chi connectivity index (χ1) is 11.0. The summed E-state index contributed by atoms with van der Waals surface area (Å²) in [4.78, 5) is 13.4. The van der Waals surface area contributed by atoms with Crippen molar-refractivity contribution < 1.29 is 14.6 Å². The van der Waals surface area contributed by atoms with Crippen LogP contribution in [0.5, 0.6) is 11.6 Å². The van der Waals surface area contributed by atoms with Crippen LogP contribution in [0.4, 0.5) is 0 Å². The monoisotopic (exact) mass is 332 g/mol. The SMILES string of the molecule is CCn1ncc(C(=O)Sc2cc(C)c3c(c2C)CCCO3)c1O. The second kappa shape index (κ2) is 6.28. The van der Waals surface area contributed by atoms with E-state index in [1.807, 2.05) is 26.8 Å². The molecule has 122 valence electrons. The van der Waals surface area contributed by atoms with E-state index in [0.717, 1.165) is 53.0 Å². The van der Waals surface area contributed by atoms with Crippen LogP contribution in [-0.4, -0.2) is 26.6 Å². The van der Waals surface area contributed by atoms with E-state index in [1.165, 1.54) is 16.4 Å². The lowest BCUT2D eigenvalue weighted by molar-refractivity contribution is 0.108. The Morgan fingerprint density at radius 1 is 1.48 bits per heavy atom. The van der Waals surface area contributed by atoms with Crippen LogP contribution in [0.3, 0.4) is 0 Å². The number of carbonyl (C=O) groups excluding carboxylic acids is 1. The van der Waals surface area contributed by atoms with Crippen molar-refractivity contribution in [2.45, 2.75) is 45.1 Å². The second-order valence-electron chi connectivity index (χ2n) is 5.66. The van der Waals surface area contributed by atoms with Crippen molar-refractivity contribution in [3.63, 3.8) is 0 Å². The zero-order valence-electron chi connectivity index (χ0n) is 13.5. The standard InChI is InChI=1S/C17H20N2O3S/c1-4-19-16(20)13(9-18-19)17(21)23-14-8-10(2)15-12(11(14)3)6-5-7-22-15/h8-9,20H,4-7H2,1-3H3.